The van der Waals surface area contributed by atoms with Crippen LogP contribution in [0.5, 0.6) is 0 Å². The molecule has 0 amide bonds. The minimum atomic E-state index is 0.787. The van der Waals surface area contributed by atoms with Gasteiger partial charge in [0.05, 0.1) is 0 Å². The average molecular weight is 263 g/mol. The summed E-state index contributed by atoms with van der Waals surface area (Å²) in [5, 5.41) is 3.55. The zero-order valence-corrected chi connectivity index (χ0v) is 11.9. The molecule has 1 heteroatoms. The first-order valence-corrected chi connectivity index (χ1v) is 7.88. The maximum Gasteiger partial charge on any atom is 0.0378 e. The Morgan fingerprint density at radius 3 is 2.70 bits per heavy atom. The molecule has 1 aliphatic heterocycles. The van der Waals surface area contributed by atoms with E-state index in [4.69, 9.17) is 0 Å². The van der Waals surface area contributed by atoms with Crippen molar-refractivity contribution < 1.29 is 0 Å². The van der Waals surface area contributed by atoms with Gasteiger partial charge in [-0.3, -0.25) is 0 Å². The van der Waals surface area contributed by atoms with E-state index in [9.17, 15) is 0 Å². The summed E-state index contributed by atoms with van der Waals surface area (Å²) in [6, 6.07) is 16.0. The Hall–Kier alpha value is -1.76. The standard InChI is InChI=1S/C19H21N/c1-2-9-18(17(8-1)14-5-3-6-14)16-11-10-15-7-4-12-20-19(15)13-16/h1-2,8-11,13-14,20H,3-7,12H2. The molecule has 0 saturated heterocycles. The first-order chi connectivity index (χ1) is 9.92. The Bertz CT molecular complexity index is 625. The monoisotopic (exact) mass is 263 g/mol. The normalized spacial score (nSPS) is 18.0. The molecule has 0 aromatic heterocycles. The SMILES string of the molecule is c1ccc(C2CCC2)c(-c2ccc3c(c2)NCCC3)c1. The molecule has 1 fully saturated rings. The molecule has 1 N–H and O–H groups in total. The summed E-state index contributed by atoms with van der Waals surface area (Å²) < 4.78 is 0. The van der Waals surface area contributed by atoms with Gasteiger partial charge in [-0.1, -0.05) is 42.8 Å². The lowest BCUT2D eigenvalue weighted by atomic mass is 9.77. The largest absolute Gasteiger partial charge is 0.385 e. The quantitative estimate of drug-likeness (QED) is 0.805. The Kier molecular flexibility index (Phi) is 2.99. The predicted molar refractivity (Wildman–Crippen MR) is 85.3 cm³/mol. The number of aryl methyl sites for hydroxylation is 1. The fourth-order valence-electron chi connectivity index (χ4n) is 3.46. The van der Waals surface area contributed by atoms with Crippen LogP contribution in [0.1, 0.15) is 42.7 Å². The van der Waals surface area contributed by atoms with Crippen molar-refractivity contribution in [2.24, 2.45) is 0 Å². The second-order valence-corrected chi connectivity index (χ2v) is 6.12. The molecule has 1 heterocycles. The first kappa shape index (κ1) is 12.0. The highest BCUT2D eigenvalue weighted by molar-refractivity contribution is 5.73. The molecule has 0 unspecified atom stereocenters. The van der Waals surface area contributed by atoms with E-state index in [0.29, 0.717) is 0 Å². The van der Waals surface area contributed by atoms with Crippen LogP contribution in [-0.2, 0) is 6.42 Å². The van der Waals surface area contributed by atoms with Crippen molar-refractivity contribution in [1.29, 1.82) is 0 Å². The third-order valence-corrected chi connectivity index (χ3v) is 4.87. The summed E-state index contributed by atoms with van der Waals surface area (Å²) in [6.07, 6.45) is 6.59. The highest BCUT2D eigenvalue weighted by atomic mass is 14.9. The zero-order valence-electron chi connectivity index (χ0n) is 11.9. The van der Waals surface area contributed by atoms with Crippen molar-refractivity contribution in [3.8, 4) is 11.1 Å². The third-order valence-electron chi connectivity index (χ3n) is 4.87. The Morgan fingerprint density at radius 2 is 1.85 bits per heavy atom. The van der Waals surface area contributed by atoms with Gasteiger partial charge in [0.25, 0.3) is 0 Å². The molecule has 0 atom stereocenters. The van der Waals surface area contributed by atoms with E-state index in [1.54, 1.807) is 5.56 Å². The van der Waals surface area contributed by atoms with Gasteiger partial charge in [-0.05, 0) is 59.9 Å². The molecular formula is C19H21N. The number of anilines is 1. The average Bonchev–Trinajstić information content (AvgIpc) is 2.46. The smallest absolute Gasteiger partial charge is 0.0378 e. The molecule has 1 aliphatic carbocycles. The number of nitrogens with one attached hydrogen (secondary N) is 1. The third kappa shape index (κ3) is 2.02. The zero-order chi connectivity index (χ0) is 13.4. The molecule has 0 bridgehead atoms. The van der Waals surface area contributed by atoms with Gasteiger partial charge < -0.3 is 5.32 Å². The van der Waals surface area contributed by atoms with Crippen LogP contribution in [0.4, 0.5) is 5.69 Å². The lowest BCUT2D eigenvalue weighted by Gasteiger charge is -2.28. The van der Waals surface area contributed by atoms with Crippen molar-refractivity contribution in [2.75, 3.05) is 11.9 Å². The molecule has 0 radical (unpaired) electrons. The summed E-state index contributed by atoms with van der Waals surface area (Å²) in [7, 11) is 0. The fraction of sp³-hybridized carbons (Fsp3) is 0.368. The van der Waals surface area contributed by atoms with Crippen LogP contribution in [0.25, 0.3) is 11.1 Å². The number of benzene rings is 2. The highest BCUT2D eigenvalue weighted by Gasteiger charge is 2.22. The van der Waals surface area contributed by atoms with E-state index in [2.05, 4.69) is 47.8 Å². The predicted octanol–water partition coefficient (Wildman–Crippen LogP) is 4.98. The topological polar surface area (TPSA) is 12.0 Å². The Balaban J connectivity index is 1.77. The van der Waals surface area contributed by atoms with Gasteiger partial charge in [-0.15, -0.1) is 0 Å². The van der Waals surface area contributed by atoms with E-state index in [0.717, 1.165) is 12.5 Å². The van der Waals surface area contributed by atoms with Gasteiger partial charge in [-0.25, -0.2) is 0 Å². The van der Waals surface area contributed by atoms with Crippen LogP contribution >= 0.6 is 0 Å². The first-order valence-electron chi connectivity index (χ1n) is 7.88. The summed E-state index contributed by atoms with van der Waals surface area (Å²) >= 11 is 0. The molecule has 2 aromatic rings. The minimum absolute atomic E-state index is 0.787. The van der Waals surface area contributed by atoms with Gasteiger partial charge in [-0.2, -0.15) is 0 Å². The molecule has 2 aromatic carbocycles. The molecule has 0 spiro atoms. The number of fused-ring (bicyclic) bond motifs is 1. The van der Waals surface area contributed by atoms with Crippen molar-refractivity contribution in [3.63, 3.8) is 0 Å². The molecular weight excluding hydrogens is 242 g/mol. The summed E-state index contributed by atoms with van der Waals surface area (Å²) in [5.41, 5.74) is 7.18. The number of rotatable bonds is 2. The summed E-state index contributed by atoms with van der Waals surface area (Å²) in [6.45, 7) is 1.11. The van der Waals surface area contributed by atoms with Crippen molar-refractivity contribution >= 4 is 5.69 Å². The van der Waals surface area contributed by atoms with Crippen molar-refractivity contribution in [1.82, 2.24) is 0 Å². The van der Waals surface area contributed by atoms with Crippen LogP contribution in [0.3, 0.4) is 0 Å². The number of hydrogen-bond donors (Lipinski definition) is 1. The van der Waals surface area contributed by atoms with Crippen LogP contribution < -0.4 is 5.32 Å². The van der Waals surface area contributed by atoms with Gasteiger partial charge in [0, 0.05) is 12.2 Å². The van der Waals surface area contributed by atoms with Gasteiger partial charge in [0.2, 0.25) is 0 Å². The highest BCUT2D eigenvalue weighted by Crippen LogP contribution is 2.41. The van der Waals surface area contributed by atoms with Crippen LogP contribution in [0.2, 0.25) is 0 Å². The second kappa shape index (κ2) is 4.97. The number of hydrogen-bond acceptors (Lipinski definition) is 1. The van der Waals surface area contributed by atoms with E-state index < -0.39 is 0 Å². The molecule has 1 saturated carbocycles. The summed E-state index contributed by atoms with van der Waals surface area (Å²) in [5.74, 6) is 0.787. The molecule has 102 valence electrons. The van der Waals surface area contributed by atoms with Gasteiger partial charge in [0.15, 0.2) is 0 Å². The Morgan fingerprint density at radius 1 is 0.950 bits per heavy atom. The van der Waals surface area contributed by atoms with E-state index >= 15 is 0 Å². The molecule has 2 aliphatic rings. The van der Waals surface area contributed by atoms with Crippen molar-refractivity contribution in [2.45, 2.75) is 38.0 Å². The Labute approximate surface area is 121 Å². The van der Waals surface area contributed by atoms with Crippen LogP contribution in [0.15, 0.2) is 42.5 Å². The van der Waals surface area contributed by atoms with E-state index in [-0.39, 0.29) is 0 Å². The van der Waals surface area contributed by atoms with Crippen LogP contribution in [-0.4, -0.2) is 6.54 Å². The van der Waals surface area contributed by atoms with E-state index in [1.807, 2.05) is 0 Å². The van der Waals surface area contributed by atoms with Crippen molar-refractivity contribution in [3.05, 3.63) is 53.6 Å². The maximum absolute atomic E-state index is 3.55. The maximum atomic E-state index is 3.55. The van der Waals surface area contributed by atoms with Crippen LogP contribution in [0, 0.1) is 0 Å². The molecule has 4 rings (SSSR count). The van der Waals surface area contributed by atoms with E-state index in [1.165, 1.54) is 54.5 Å². The van der Waals surface area contributed by atoms with Gasteiger partial charge in [0.1, 0.15) is 0 Å². The molecule has 20 heavy (non-hydrogen) atoms. The fourth-order valence-corrected chi connectivity index (χ4v) is 3.46. The molecule has 1 nitrogen and oxygen atoms in total. The summed E-state index contributed by atoms with van der Waals surface area (Å²) in [4.78, 5) is 0. The minimum Gasteiger partial charge on any atom is -0.385 e. The second-order valence-electron chi connectivity index (χ2n) is 6.12. The van der Waals surface area contributed by atoms with Gasteiger partial charge >= 0.3 is 0 Å². The lowest BCUT2D eigenvalue weighted by Crippen LogP contribution is -2.12. The lowest BCUT2D eigenvalue weighted by molar-refractivity contribution is 0.420.